The monoisotopic (exact) mass is 256 g/mol. The third-order valence-corrected chi connectivity index (χ3v) is 3.55. The molecule has 0 saturated carbocycles. The van der Waals surface area contributed by atoms with Gasteiger partial charge in [0.05, 0.1) is 4.90 Å². The molecule has 0 amide bonds. The van der Waals surface area contributed by atoms with Gasteiger partial charge in [-0.15, -0.1) is 0 Å². The second kappa shape index (κ2) is 5.62. The summed E-state index contributed by atoms with van der Waals surface area (Å²) in [6, 6.07) is 6.70. The van der Waals surface area contributed by atoms with E-state index < -0.39 is 10.0 Å². The molecule has 0 aliphatic carbocycles. The molecule has 0 saturated heterocycles. The predicted molar refractivity (Wildman–Crippen MR) is 68.9 cm³/mol. The fourth-order valence-electron chi connectivity index (χ4n) is 1.92. The molecule has 0 heterocycles. The number of nitrogens with two attached hydrogens (primary N) is 2. The summed E-state index contributed by atoms with van der Waals surface area (Å²) in [4.78, 5) is 0.180. The Labute approximate surface area is 103 Å². The van der Waals surface area contributed by atoms with Crippen molar-refractivity contribution in [1.82, 2.24) is 0 Å². The number of hydrogen-bond acceptors (Lipinski definition) is 3. The van der Waals surface area contributed by atoms with Crippen molar-refractivity contribution in [3.05, 3.63) is 29.8 Å². The van der Waals surface area contributed by atoms with E-state index in [9.17, 15) is 8.42 Å². The van der Waals surface area contributed by atoms with E-state index in [1.54, 1.807) is 18.2 Å². The molecule has 0 aromatic heterocycles. The van der Waals surface area contributed by atoms with Crippen molar-refractivity contribution >= 4 is 10.0 Å². The van der Waals surface area contributed by atoms with Crippen LogP contribution in [0.3, 0.4) is 0 Å². The molecule has 0 aliphatic heterocycles. The van der Waals surface area contributed by atoms with Crippen LogP contribution in [0.1, 0.15) is 25.8 Å². The third-order valence-electron chi connectivity index (χ3n) is 2.54. The van der Waals surface area contributed by atoms with E-state index in [4.69, 9.17) is 10.9 Å². The van der Waals surface area contributed by atoms with E-state index in [0.717, 1.165) is 6.42 Å². The lowest BCUT2D eigenvalue weighted by Crippen LogP contribution is -2.26. The Kier molecular flexibility index (Phi) is 4.68. The first-order valence-corrected chi connectivity index (χ1v) is 7.21. The fourth-order valence-corrected chi connectivity index (χ4v) is 2.71. The molecule has 0 radical (unpaired) electrons. The highest BCUT2D eigenvalue weighted by atomic mass is 32.2. The maximum absolute atomic E-state index is 11.4. The Balaban J connectivity index is 2.92. The van der Waals surface area contributed by atoms with Gasteiger partial charge in [-0.2, -0.15) is 0 Å². The van der Waals surface area contributed by atoms with Gasteiger partial charge < -0.3 is 5.73 Å². The smallest absolute Gasteiger partial charge is 0.238 e. The van der Waals surface area contributed by atoms with Crippen LogP contribution in [0.25, 0.3) is 0 Å². The summed E-state index contributed by atoms with van der Waals surface area (Å²) in [5.41, 5.74) is 6.68. The summed E-state index contributed by atoms with van der Waals surface area (Å²) in [6.45, 7) is 4.18. The highest BCUT2D eigenvalue weighted by molar-refractivity contribution is 7.89. The summed E-state index contributed by atoms with van der Waals surface area (Å²) < 4.78 is 22.8. The topological polar surface area (TPSA) is 86.2 Å². The molecule has 1 rings (SSSR count). The minimum absolute atomic E-state index is 0.0436. The van der Waals surface area contributed by atoms with Crippen LogP contribution in [-0.2, 0) is 16.4 Å². The van der Waals surface area contributed by atoms with E-state index in [0.29, 0.717) is 17.9 Å². The molecule has 1 unspecified atom stereocenters. The molecule has 96 valence electrons. The Morgan fingerprint density at radius 3 is 2.35 bits per heavy atom. The highest BCUT2D eigenvalue weighted by Crippen LogP contribution is 2.17. The summed E-state index contributed by atoms with van der Waals surface area (Å²) in [6.07, 6.45) is 1.39. The van der Waals surface area contributed by atoms with Crippen molar-refractivity contribution in [3.8, 4) is 0 Å². The molecule has 0 aliphatic rings. The van der Waals surface area contributed by atoms with Gasteiger partial charge in [0.1, 0.15) is 0 Å². The second-order valence-corrected chi connectivity index (χ2v) is 6.28. The second-order valence-electron chi connectivity index (χ2n) is 4.75. The van der Waals surface area contributed by atoms with Gasteiger partial charge in [-0.05, 0) is 30.4 Å². The average molecular weight is 256 g/mol. The predicted octanol–water partition coefficient (Wildman–Crippen LogP) is 1.25. The van der Waals surface area contributed by atoms with Crippen LogP contribution in [0.5, 0.6) is 0 Å². The number of hydrogen-bond donors (Lipinski definition) is 2. The largest absolute Gasteiger partial charge is 0.327 e. The molecule has 0 spiro atoms. The van der Waals surface area contributed by atoms with Crippen molar-refractivity contribution in [2.24, 2.45) is 16.8 Å². The van der Waals surface area contributed by atoms with E-state index in [1.165, 1.54) is 6.07 Å². The quantitative estimate of drug-likeness (QED) is 0.831. The maximum atomic E-state index is 11.4. The van der Waals surface area contributed by atoms with Gasteiger partial charge in [-0.1, -0.05) is 32.0 Å². The lowest BCUT2D eigenvalue weighted by atomic mass is 9.98. The standard InChI is InChI=1S/C12H20N2O2S/c1-9(2)7-11(13)8-10-5-3-4-6-12(10)17(14,15)16/h3-6,9,11H,7-8,13H2,1-2H3,(H2,14,15,16). The number of primary sulfonamides is 1. The van der Waals surface area contributed by atoms with Crippen LogP contribution in [0, 0.1) is 5.92 Å². The molecule has 4 nitrogen and oxygen atoms in total. The van der Waals surface area contributed by atoms with Gasteiger partial charge >= 0.3 is 0 Å². The van der Waals surface area contributed by atoms with Gasteiger partial charge in [-0.25, -0.2) is 13.6 Å². The van der Waals surface area contributed by atoms with Crippen LogP contribution < -0.4 is 10.9 Å². The molecule has 0 bridgehead atoms. The molecule has 1 atom stereocenters. The Hall–Kier alpha value is -0.910. The number of rotatable bonds is 5. The van der Waals surface area contributed by atoms with E-state index >= 15 is 0 Å². The first-order chi connectivity index (χ1) is 7.80. The van der Waals surface area contributed by atoms with Crippen molar-refractivity contribution < 1.29 is 8.42 Å². The minimum Gasteiger partial charge on any atom is -0.327 e. The molecule has 1 aromatic rings. The van der Waals surface area contributed by atoms with Gasteiger partial charge in [0.15, 0.2) is 0 Å². The van der Waals surface area contributed by atoms with Crippen LogP contribution in [0.4, 0.5) is 0 Å². The van der Waals surface area contributed by atoms with Crippen molar-refractivity contribution in [1.29, 1.82) is 0 Å². The van der Waals surface area contributed by atoms with Crippen LogP contribution in [-0.4, -0.2) is 14.5 Å². The van der Waals surface area contributed by atoms with E-state index in [1.807, 2.05) is 0 Å². The van der Waals surface area contributed by atoms with Gasteiger partial charge in [0, 0.05) is 6.04 Å². The zero-order valence-corrected chi connectivity index (χ0v) is 11.1. The molecular formula is C12H20N2O2S. The van der Waals surface area contributed by atoms with Gasteiger partial charge in [0.25, 0.3) is 0 Å². The minimum atomic E-state index is -3.66. The zero-order chi connectivity index (χ0) is 13.1. The molecule has 1 aromatic carbocycles. The third kappa shape index (κ3) is 4.46. The van der Waals surface area contributed by atoms with Crippen molar-refractivity contribution in [2.75, 3.05) is 0 Å². The first kappa shape index (κ1) is 14.2. The lowest BCUT2D eigenvalue weighted by molar-refractivity contribution is 0.491. The maximum Gasteiger partial charge on any atom is 0.238 e. The van der Waals surface area contributed by atoms with Gasteiger partial charge in [0.2, 0.25) is 10.0 Å². The Morgan fingerprint density at radius 1 is 1.24 bits per heavy atom. The van der Waals surface area contributed by atoms with E-state index in [-0.39, 0.29) is 10.9 Å². The molecule has 5 heteroatoms. The summed E-state index contributed by atoms with van der Waals surface area (Å²) in [7, 11) is -3.66. The lowest BCUT2D eigenvalue weighted by Gasteiger charge is -2.15. The highest BCUT2D eigenvalue weighted by Gasteiger charge is 2.15. The summed E-state index contributed by atoms with van der Waals surface area (Å²) >= 11 is 0. The van der Waals surface area contributed by atoms with Crippen molar-refractivity contribution in [3.63, 3.8) is 0 Å². The SMILES string of the molecule is CC(C)CC(N)Cc1ccccc1S(N)(=O)=O. The van der Waals surface area contributed by atoms with E-state index in [2.05, 4.69) is 13.8 Å². The molecular weight excluding hydrogens is 236 g/mol. The van der Waals surface area contributed by atoms with Crippen LogP contribution >= 0.6 is 0 Å². The van der Waals surface area contributed by atoms with Crippen LogP contribution in [0.15, 0.2) is 29.2 Å². The van der Waals surface area contributed by atoms with Crippen LogP contribution in [0.2, 0.25) is 0 Å². The Morgan fingerprint density at radius 2 is 1.82 bits per heavy atom. The fraction of sp³-hybridized carbons (Fsp3) is 0.500. The van der Waals surface area contributed by atoms with Crippen molar-refractivity contribution in [2.45, 2.75) is 37.6 Å². The first-order valence-electron chi connectivity index (χ1n) is 5.67. The normalized spacial score (nSPS) is 13.9. The number of benzene rings is 1. The molecule has 4 N–H and O–H groups in total. The van der Waals surface area contributed by atoms with Gasteiger partial charge in [-0.3, -0.25) is 0 Å². The zero-order valence-electron chi connectivity index (χ0n) is 10.3. The summed E-state index contributed by atoms with van der Waals surface area (Å²) in [5, 5.41) is 5.17. The Bertz CT molecular complexity index is 469. The number of sulfonamides is 1. The molecule has 0 fully saturated rings. The average Bonchev–Trinajstić information content (AvgIpc) is 2.15. The molecule has 17 heavy (non-hydrogen) atoms. The summed E-state index contributed by atoms with van der Waals surface area (Å²) in [5.74, 6) is 0.492.